The van der Waals surface area contributed by atoms with Crippen molar-refractivity contribution < 1.29 is 14.3 Å². The van der Waals surface area contributed by atoms with Gasteiger partial charge in [-0.3, -0.25) is 9.59 Å². The lowest BCUT2D eigenvalue weighted by molar-refractivity contribution is -0.147. The van der Waals surface area contributed by atoms with E-state index in [0.29, 0.717) is 37.5 Å². The van der Waals surface area contributed by atoms with Crippen molar-refractivity contribution in [1.29, 1.82) is 0 Å². The van der Waals surface area contributed by atoms with Crippen molar-refractivity contribution >= 4 is 11.9 Å². The maximum absolute atomic E-state index is 12.4. The Labute approximate surface area is 126 Å². The fourth-order valence-electron chi connectivity index (χ4n) is 5.84. The predicted molar refractivity (Wildman–Crippen MR) is 77.3 cm³/mol. The van der Waals surface area contributed by atoms with Gasteiger partial charge >= 0.3 is 5.97 Å². The number of carbonyl (C=O) groups excluding carboxylic acids is 2. The molecule has 4 nitrogen and oxygen atoms in total. The monoisotopic (exact) mass is 291 g/mol. The van der Waals surface area contributed by atoms with Crippen LogP contribution in [0.3, 0.4) is 0 Å². The quantitative estimate of drug-likeness (QED) is 0.749. The number of carbonyl (C=O) groups is 2. The molecule has 5 aliphatic rings. The van der Waals surface area contributed by atoms with Crippen LogP contribution >= 0.6 is 0 Å². The van der Waals surface area contributed by atoms with Crippen molar-refractivity contribution in [2.75, 3.05) is 13.2 Å². The minimum absolute atomic E-state index is 0.183. The van der Waals surface area contributed by atoms with Crippen LogP contribution in [0.2, 0.25) is 0 Å². The van der Waals surface area contributed by atoms with E-state index in [0.717, 1.165) is 11.8 Å². The third-order valence-electron chi connectivity index (χ3n) is 6.32. The van der Waals surface area contributed by atoms with E-state index in [1.165, 1.54) is 32.1 Å². The van der Waals surface area contributed by atoms with Crippen molar-refractivity contribution in [3.63, 3.8) is 0 Å². The summed E-state index contributed by atoms with van der Waals surface area (Å²) in [5, 5.41) is 0. The van der Waals surface area contributed by atoms with Gasteiger partial charge < -0.3 is 9.64 Å². The summed E-state index contributed by atoms with van der Waals surface area (Å²) in [7, 11) is 0. The summed E-state index contributed by atoms with van der Waals surface area (Å²) in [5.74, 6) is 3.01. The first-order chi connectivity index (χ1) is 10.2. The van der Waals surface area contributed by atoms with Gasteiger partial charge in [0.25, 0.3) is 0 Å². The summed E-state index contributed by atoms with van der Waals surface area (Å²) < 4.78 is 5.11. The zero-order chi connectivity index (χ0) is 14.6. The molecule has 1 atom stereocenters. The molecule has 0 aromatic carbocycles. The van der Waals surface area contributed by atoms with Crippen LogP contribution in [0.4, 0.5) is 0 Å². The van der Waals surface area contributed by atoms with Gasteiger partial charge in [-0.25, -0.2) is 0 Å². The highest BCUT2D eigenvalue weighted by Crippen LogP contribution is 2.55. The van der Waals surface area contributed by atoms with Gasteiger partial charge in [-0.15, -0.1) is 0 Å². The molecule has 4 saturated carbocycles. The van der Waals surface area contributed by atoms with Crippen LogP contribution in [0.1, 0.15) is 45.4 Å². The number of esters is 1. The molecule has 0 N–H and O–H groups in total. The molecule has 4 aliphatic carbocycles. The average molecular weight is 291 g/mol. The minimum Gasteiger partial charge on any atom is -0.466 e. The molecule has 0 radical (unpaired) electrons. The Balaban J connectivity index is 1.49. The highest BCUT2D eigenvalue weighted by atomic mass is 16.5. The Morgan fingerprint density at radius 1 is 1.14 bits per heavy atom. The summed E-state index contributed by atoms with van der Waals surface area (Å²) in [5.41, 5.74) is 0. The molecule has 5 fully saturated rings. The second kappa shape index (κ2) is 4.99. The molecule has 0 spiro atoms. The third kappa shape index (κ3) is 2.18. The van der Waals surface area contributed by atoms with Crippen LogP contribution in [-0.2, 0) is 14.3 Å². The standard InChI is InChI=1S/C17H25NO3/c1-2-21-17(20)14-8-15(19)18(9-14)16-12-4-10-3-11(6-12)7-13(16)5-10/h10-14,16H,2-9H2,1H3. The number of rotatable bonds is 3. The van der Waals surface area contributed by atoms with E-state index >= 15 is 0 Å². The Hall–Kier alpha value is -1.06. The molecular weight excluding hydrogens is 266 g/mol. The van der Waals surface area contributed by atoms with Gasteiger partial charge in [-0.2, -0.15) is 0 Å². The third-order valence-corrected chi connectivity index (χ3v) is 6.32. The van der Waals surface area contributed by atoms with E-state index in [2.05, 4.69) is 4.90 Å². The van der Waals surface area contributed by atoms with Gasteiger partial charge in [-0.05, 0) is 62.7 Å². The molecule has 1 amide bonds. The molecule has 4 bridgehead atoms. The maximum atomic E-state index is 12.4. The Morgan fingerprint density at radius 2 is 1.76 bits per heavy atom. The number of hydrogen-bond acceptors (Lipinski definition) is 3. The average Bonchev–Trinajstić information content (AvgIpc) is 2.80. The van der Waals surface area contributed by atoms with E-state index < -0.39 is 0 Å². The minimum atomic E-state index is -0.227. The van der Waals surface area contributed by atoms with Crippen LogP contribution < -0.4 is 0 Å². The molecule has 4 heteroatoms. The highest BCUT2D eigenvalue weighted by Gasteiger charge is 2.53. The Bertz CT molecular complexity index is 433. The van der Waals surface area contributed by atoms with E-state index in [4.69, 9.17) is 4.74 Å². The van der Waals surface area contributed by atoms with Crippen molar-refractivity contribution in [3.8, 4) is 0 Å². The lowest BCUT2D eigenvalue weighted by Gasteiger charge is -2.56. The van der Waals surface area contributed by atoms with Crippen LogP contribution in [0, 0.1) is 29.6 Å². The fourth-order valence-corrected chi connectivity index (χ4v) is 5.84. The maximum Gasteiger partial charge on any atom is 0.311 e. The zero-order valence-electron chi connectivity index (χ0n) is 12.8. The lowest BCUT2D eigenvalue weighted by Crippen LogP contribution is -2.56. The summed E-state index contributed by atoms with van der Waals surface area (Å²) >= 11 is 0. The molecule has 1 aliphatic heterocycles. The smallest absolute Gasteiger partial charge is 0.311 e. The topological polar surface area (TPSA) is 46.6 Å². The first-order valence-corrected chi connectivity index (χ1v) is 8.61. The number of nitrogens with zero attached hydrogens (tertiary/aromatic N) is 1. The summed E-state index contributed by atoms with van der Waals surface area (Å²) in [6.07, 6.45) is 7.04. The summed E-state index contributed by atoms with van der Waals surface area (Å²) in [6, 6.07) is 0.421. The molecule has 0 aromatic heterocycles. The first kappa shape index (κ1) is 13.6. The molecule has 116 valence electrons. The largest absolute Gasteiger partial charge is 0.466 e. The molecule has 21 heavy (non-hydrogen) atoms. The van der Waals surface area contributed by atoms with Gasteiger partial charge in [0.1, 0.15) is 0 Å². The van der Waals surface area contributed by atoms with E-state index in [1.54, 1.807) is 0 Å². The molecule has 1 heterocycles. The van der Waals surface area contributed by atoms with Crippen molar-refractivity contribution in [2.45, 2.75) is 51.5 Å². The van der Waals surface area contributed by atoms with Gasteiger partial charge in [0.05, 0.1) is 12.5 Å². The van der Waals surface area contributed by atoms with Crippen molar-refractivity contribution in [2.24, 2.45) is 29.6 Å². The van der Waals surface area contributed by atoms with Crippen LogP contribution in [0.5, 0.6) is 0 Å². The Kier molecular flexibility index (Phi) is 3.23. The van der Waals surface area contributed by atoms with Crippen molar-refractivity contribution in [3.05, 3.63) is 0 Å². The van der Waals surface area contributed by atoms with Crippen LogP contribution in [-0.4, -0.2) is 36.0 Å². The first-order valence-electron chi connectivity index (χ1n) is 8.61. The number of amides is 1. The SMILES string of the molecule is CCOC(=O)C1CC(=O)N(C2C3CC4CC(C3)CC2C4)C1. The normalized spacial score (nSPS) is 44.4. The number of likely N-dealkylation sites (tertiary alicyclic amines) is 1. The lowest BCUT2D eigenvalue weighted by atomic mass is 9.54. The second-order valence-corrected chi connectivity index (χ2v) is 7.62. The predicted octanol–water partition coefficient (Wildman–Crippen LogP) is 2.22. The summed E-state index contributed by atoms with van der Waals surface area (Å²) in [6.45, 7) is 2.83. The fraction of sp³-hybridized carbons (Fsp3) is 0.882. The second-order valence-electron chi connectivity index (χ2n) is 7.62. The van der Waals surface area contributed by atoms with Gasteiger partial charge in [0.15, 0.2) is 0 Å². The van der Waals surface area contributed by atoms with E-state index in [1.807, 2.05) is 6.92 Å². The van der Waals surface area contributed by atoms with Crippen LogP contribution in [0.15, 0.2) is 0 Å². The zero-order valence-corrected chi connectivity index (χ0v) is 12.8. The van der Waals surface area contributed by atoms with Crippen LogP contribution in [0.25, 0.3) is 0 Å². The highest BCUT2D eigenvalue weighted by molar-refractivity contribution is 5.87. The van der Waals surface area contributed by atoms with Gasteiger partial charge in [0.2, 0.25) is 5.91 Å². The van der Waals surface area contributed by atoms with E-state index in [9.17, 15) is 9.59 Å². The molecule has 1 saturated heterocycles. The molecule has 0 aromatic rings. The molecule has 5 rings (SSSR count). The number of ether oxygens (including phenoxy) is 1. The van der Waals surface area contributed by atoms with Crippen molar-refractivity contribution in [1.82, 2.24) is 4.90 Å². The Morgan fingerprint density at radius 3 is 2.33 bits per heavy atom. The van der Waals surface area contributed by atoms with Gasteiger partial charge in [-0.1, -0.05) is 0 Å². The molecular formula is C17H25NO3. The van der Waals surface area contributed by atoms with E-state index in [-0.39, 0.29) is 17.8 Å². The molecule has 1 unspecified atom stereocenters. The number of hydrogen-bond donors (Lipinski definition) is 0. The summed E-state index contributed by atoms with van der Waals surface area (Å²) in [4.78, 5) is 26.4. The van der Waals surface area contributed by atoms with Gasteiger partial charge in [0, 0.05) is 19.0 Å².